The molecule has 4 aliphatic carbocycles. The Morgan fingerprint density at radius 1 is 0.926 bits per heavy atom. The average molecular weight is 365 g/mol. The van der Waals surface area contributed by atoms with Crippen molar-refractivity contribution in [3.63, 3.8) is 0 Å². The Kier molecular flexibility index (Phi) is 4.22. The lowest BCUT2D eigenvalue weighted by molar-refractivity contribution is -0.0415. The van der Waals surface area contributed by atoms with Crippen LogP contribution in [-0.2, 0) is 0 Å². The Labute approximate surface area is 165 Å². The van der Waals surface area contributed by atoms with Crippen LogP contribution in [0.25, 0.3) is 0 Å². The van der Waals surface area contributed by atoms with Gasteiger partial charge in [-0.1, -0.05) is 37.6 Å². The maximum atomic E-state index is 5.39. The molecular formula is C26H36O. The van der Waals surface area contributed by atoms with E-state index in [2.05, 4.69) is 44.2 Å². The zero-order chi connectivity index (χ0) is 18.6. The third kappa shape index (κ3) is 2.56. The number of ether oxygens (including phenoxy) is 1. The van der Waals surface area contributed by atoms with E-state index in [-0.39, 0.29) is 0 Å². The summed E-state index contributed by atoms with van der Waals surface area (Å²) >= 11 is 0. The topological polar surface area (TPSA) is 9.23 Å². The van der Waals surface area contributed by atoms with E-state index in [0.29, 0.717) is 10.8 Å². The van der Waals surface area contributed by atoms with Crippen molar-refractivity contribution in [2.75, 3.05) is 7.11 Å². The van der Waals surface area contributed by atoms with Gasteiger partial charge in [0.05, 0.1) is 7.11 Å². The van der Waals surface area contributed by atoms with E-state index >= 15 is 0 Å². The molecule has 0 N–H and O–H groups in total. The van der Waals surface area contributed by atoms with Gasteiger partial charge in [0.15, 0.2) is 0 Å². The van der Waals surface area contributed by atoms with Gasteiger partial charge in [0.25, 0.3) is 0 Å². The van der Waals surface area contributed by atoms with Crippen LogP contribution >= 0.6 is 0 Å². The highest BCUT2D eigenvalue weighted by Crippen LogP contribution is 2.68. The molecule has 0 spiro atoms. The number of rotatable bonds is 2. The fourth-order valence-electron chi connectivity index (χ4n) is 8.14. The van der Waals surface area contributed by atoms with Gasteiger partial charge in [-0.05, 0) is 110 Å². The smallest absolute Gasteiger partial charge is 0.118 e. The number of methoxy groups -OCH3 is 1. The molecule has 1 aromatic rings. The van der Waals surface area contributed by atoms with Crippen molar-refractivity contribution in [1.29, 1.82) is 0 Å². The van der Waals surface area contributed by atoms with Gasteiger partial charge in [0.1, 0.15) is 5.75 Å². The second-order valence-corrected chi connectivity index (χ2v) is 10.4. The van der Waals surface area contributed by atoms with Crippen molar-refractivity contribution in [2.45, 2.75) is 77.6 Å². The van der Waals surface area contributed by atoms with Crippen molar-refractivity contribution in [3.05, 3.63) is 41.5 Å². The molecule has 5 rings (SSSR count). The standard InChI is InChI=1S/C26H36O/c1-25-16-5-4-6-19(25)9-12-21-23-14-13-22(26(23,2)17-15-24(21)25)18-7-10-20(27-3)11-8-18/h6-8,10-11,21-24H,4-5,9,12-17H2,1-3H3/t21-,22+,23-,24-,25-,26+/m0/s1. The minimum atomic E-state index is 0.502. The molecule has 146 valence electrons. The largest absolute Gasteiger partial charge is 0.497 e. The van der Waals surface area contributed by atoms with E-state index in [4.69, 9.17) is 4.74 Å². The molecule has 0 aromatic heterocycles. The first-order chi connectivity index (χ1) is 13.1. The molecule has 0 amide bonds. The molecule has 27 heavy (non-hydrogen) atoms. The minimum absolute atomic E-state index is 0.502. The van der Waals surface area contributed by atoms with Gasteiger partial charge < -0.3 is 4.74 Å². The molecule has 1 nitrogen and oxygen atoms in total. The van der Waals surface area contributed by atoms with Crippen molar-refractivity contribution in [1.82, 2.24) is 0 Å². The van der Waals surface area contributed by atoms with Gasteiger partial charge in [-0.2, -0.15) is 0 Å². The van der Waals surface area contributed by atoms with Crippen molar-refractivity contribution < 1.29 is 4.74 Å². The first kappa shape index (κ1) is 17.8. The predicted octanol–water partition coefficient (Wildman–Crippen LogP) is 7.13. The van der Waals surface area contributed by atoms with Crippen LogP contribution in [0.5, 0.6) is 5.75 Å². The van der Waals surface area contributed by atoms with Crippen molar-refractivity contribution >= 4 is 0 Å². The summed E-state index contributed by atoms with van der Waals surface area (Å²) in [5.74, 6) is 4.57. The van der Waals surface area contributed by atoms with E-state index in [1.54, 1.807) is 12.7 Å². The zero-order valence-corrected chi connectivity index (χ0v) is 17.5. The SMILES string of the molecule is COc1ccc([C@H]2CC[C@H]3[C@@H]4CCC5=CCCC[C@]5(C)[C@H]4CC[C@]23C)cc1. The van der Waals surface area contributed by atoms with Gasteiger partial charge in [0, 0.05) is 0 Å². The monoisotopic (exact) mass is 364 g/mol. The summed E-state index contributed by atoms with van der Waals surface area (Å²) in [5, 5.41) is 0. The van der Waals surface area contributed by atoms with Crippen LogP contribution in [0.15, 0.2) is 35.9 Å². The molecule has 6 atom stereocenters. The van der Waals surface area contributed by atoms with Crippen LogP contribution in [0.4, 0.5) is 0 Å². The van der Waals surface area contributed by atoms with E-state index in [0.717, 1.165) is 29.4 Å². The summed E-state index contributed by atoms with van der Waals surface area (Å²) in [6.45, 7) is 5.28. The molecule has 1 heteroatoms. The Balaban J connectivity index is 1.44. The van der Waals surface area contributed by atoms with Crippen LogP contribution in [0.1, 0.15) is 83.1 Å². The lowest BCUT2D eigenvalue weighted by atomic mass is 9.46. The normalized spacial score (nSPS) is 43.3. The van der Waals surface area contributed by atoms with Crippen molar-refractivity contribution in [3.8, 4) is 5.75 Å². The second-order valence-electron chi connectivity index (χ2n) is 10.4. The summed E-state index contributed by atoms with van der Waals surface area (Å²) < 4.78 is 5.39. The predicted molar refractivity (Wildman–Crippen MR) is 112 cm³/mol. The fourth-order valence-corrected chi connectivity index (χ4v) is 8.14. The summed E-state index contributed by atoms with van der Waals surface area (Å²) in [7, 11) is 1.76. The first-order valence-corrected chi connectivity index (χ1v) is 11.4. The van der Waals surface area contributed by atoms with Crippen LogP contribution in [-0.4, -0.2) is 7.11 Å². The van der Waals surface area contributed by atoms with Crippen LogP contribution in [0.2, 0.25) is 0 Å². The summed E-state index contributed by atoms with van der Waals surface area (Å²) in [6.07, 6.45) is 15.4. The van der Waals surface area contributed by atoms with Gasteiger partial charge in [0.2, 0.25) is 0 Å². The molecule has 0 saturated heterocycles. The minimum Gasteiger partial charge on any atom is -0.497 e. The molecule has 0 unspecified atom stereocenters. The fraction of sp³-hybridized carbons (Fsp3) is 0.692. The van der Waals surface area contributed by atoms with E-state index in [9.17, 15) is 0 Å². The molecule has 0 aliphatic heterocycles. The van der Waals surface area contributed by atoms with E-state index in [1.807, 2.05) is 5.57 Å². The zero-order valence-electron chi connectivity index (χ0n) is 17.5. The molecule has 0 heterocycles. The van der Waals surface area contributed by atoms with E-state index in [1.165, 1.54) is 57.8 Å². The Bertz CT molecular complexity index is 731. The first-order valence-electron chi connectivity index (χ1n) is 11.4. The van der Waals surface area contributed by atoms with Gasteiger partial charge in [-0.25, -0.2) is 0 Å². The molecule has 0 radical (unpaired) electrons. The summed E-state index contributed by atoms with van der Waals surface area (Å²) in [6, 6.07) is 9.01. The number of hydrogen-bond acceptors (Lipinski definition) is 1. The lowest BCUT2D eigenvalue weighted by Gasteiger charge is -2.58. The maximum absolute atomic E-state index is 5.39. The Morgan fingerprint density at radius 2 is 1.74 bits per heavy atom. The maximum Gasteiger partial charge on any atom is 0.118 e. The van der Waals surface area contributed by atoms with Gasteiger partial charge in [-0.3, -0.25) is 0 Å². The molecule has 3 saturated carbocycles. The molecule has 0 bridgehead atoms. The van der Waals surface area contributed by atoms with Crippen molar-refractivity contribution in [2.24, 2.45) is 28.6 Å². The Morgan fingerprint density at radius 3 is 2.52 bits per heavy atom. The van der Waals surface area contributed by atoms with Gasteiger partial charge >= 0.3 is 0 Å². The highest BCUT2D eigenvalue weighted by Gasteiger charge is 2.58. The molecular weight excluding hydrogens is 328 g/mol. The second kappa shape index (κ2) is 6.39. The third-order valence-corrected chi connectivity index (χ3v) is 9.55. The van der Waals surface area contributed by atoms with Crippen LogP contribution in [0, 0.1) is 28.6 Å². The molecule has 3 fully saturated rings. The number of fused-ring (bicyclic) bond motifs is 5. The highest BCUT2D eigenvalue weighted by atomic mass is 16.5. The number of allylic oxidation sites excluding steroid dienone is 2. The Hall–Kier alpha value is -1.24. The van der Waals surface area contributed by atoms with Gasteiger partial charge in [-0.15, -0.1) is 0 Å². The summed E-state index contributed by atoms with van der Waals surface area (Å²) in [5.41, 5.74) is 4.42. The number of hydrogen-bond donors (Lipinski definition) is 0. The molecule has 4 aliphatic rings. The van der Waals surface area contributed by atoms with Crippen LogP contribution < -0.4 is 4.74 Å². The third-order valence-electron chi connectivity index (χ3n) is 9.55. The van der Waals surface area contributed by atoms with Crippen LogP contribution in [0.3, 0.4) is 0 Å². The summed E-state index contributed by atoms with van der Waals surface area (Å²) in [4.78, 5) is 0. The molecule has 1 aromatic carbocycles. The lowest BCUT2D eigenvalue weighted by Crippen LogP contribution is -2.49. The quantitative estimate of drug-likeness (QED) is 0.507. The average Bonchev–Trinajstić information content (AvgIpc) is 3.05. The number of benzene rings is 1. The van der Waals surface area contributed by atoms with E-state index < -0.39 is 0 Å². The highest BCUT2D eigenvalue weighted by molar-refractivity contribution is 5.33.